The Balaban J connectivity index is 1.59. The number of amides is 2. The molecule has 2 amide bonds. The summed E-state index contributed by atoms with van der Waals surface area (Å²) in [5, 5.41) is 7.80. The van der Waals surface area contributed by atoms with Crippen molar-refractivity contribution in [2.75, 3.05) is 27.4 Å². The molecule has 0 saturated heterocycles. The summed E-state index contributed by atoms with van der Waals surface area (Å²) in [6, 6.07) is 14.6. The molecule has 9 nitrogen and oxygen atoms in total. The van der Waals surface area contributed by atoms with Gasteiger partial charge in [0, 0.05) is 11.1 Å². The maximum atomic E-state index is 11.8. The summed E-state index contributed by atoms with van der Waals surface area (Å²) in [5.74, 6) is 0.734. The first-order valence-electron chi connectivity index (χ1n) is 9.61. The lowest BCUT2D eigenvalue weighted by Gasteiger charge is -2.05. The Labute approximate surface area is 181 Å². The molecule has 0 fully saturated rings. The largest absolute Gasteiger partial charge is 0.496 e. The normalized spacial score (nSPS) is 10.9. The molecule has 0 unspecified atom stereocenters. The molecule has 0 aliphatic carbocycles. The van der Waals surface area contributed by atoms with Crippen LogP contribution in [0.25, 0.3) is 0 Å². The van der Waals surface area contributed by atoms with E-state index in [0.29, 0.717) is 11.5 Å². The number of carbonyl (C=O) groups is 2. The van der Waals surface area contributed by atoms with Gasteiger partial charge in [0.1, 0.15) is 11.5 Å². The van der Waals surface area contributed by atoms with Crippen molar-refractivity contribution in [3.05, 3.63) is 59.7 Å². The highest BCUT2D eigenvalue weighted by Gasteiger charge is 2.03. The van der Waals surface area contributed by atoms with Crippen molar-refractivity contribution >= 4 is 24.2 Å². The number of ether oxygens (including phenoxy) is 3. The maximum Gasteiger partial charge on any atom is 0.242 e. The zero-order valence-electron chi connectivity index (χ0n) is 17.5. The van der Waals surface area contributed by atoms with Gasteiger partial charge in [-0.3, -0.25) is 9.59 Å². The van der Waals surface area contributed by atoms with Gasteiger partial charge in [0.2, 0.25) is 11.8 Å². The van der Waals surface area contributed by atoms with Gasteiger partial charge >= 0.3 is 0 Å². The SMILES string of the molecule is COc1ccccc1/C=N/NC(=O)CCOCCC(=O)N/N=C/c1ccccc1OC. The van der Waals surface area contributed by atoms with Crippen molar-refractivity contribution in [1.82, 2.24) is 10.9 Å². The standard InChI is InChI=1S/C22H26N4O5/c1-29-19-9-5-3-7-17(19)15-23-25-21(27)11-13-31-14-12-22(28)26-24-16-18-8-4-6-10-20(18)30-2/h3-10,15-16H,11-14H2,1-2H3,(H,25,27)(H,26,28)/b23-15+,24-16+. The zero-order chi connectivity index (χ0) is 22.3. The summed E-state index contributed by atoms with van der Waals surface area (Å²) >= 11 is 0. The third kappa shape index (κ3) is 8.67. The molecule has 164 valence electrons. The second-order valence-corrected chi connectivity index (χ2v) is 6.18. The molecule has 0 spiro atoms. The van der Waals surface area contributed by atoms with E-state index in [4.69, 9.17) is 14.2 Å². The lowest BCUT2D eigenvalue weighted by molar-refractivity contribution is -0.122. The van der Waals surface area contributed by atoms with Crippen LogP contribution in [0, 0.1) is 0 Å². The lowest BCUT2D eigenvalue weighted by atomic mass is 10.2. The molecule has 2 aromatic rings. The number of nitrogens with one attached hydrogen (secondary N) is 2. The molecule has 0 atom stereocenters. The fourth-order valence-electron chi connectivity index (χ4n) is 2.44. The minimum Gasteiger partial charge on any atom is -0.496 e. The predicted octanol–water partition coefficient (Wildman–Crippen LogP) is 2.10. The summed E-state index contributed by atoms with van der Waals surface area (Å²) < 4.78 is 15.7. The van der Waals surface area contributed by atoms with Crippen molar-refractivity contribution < 1.29 is 23.8 Å². The summed E-state index contributed by atoms with van der Waals surface area (Å²) in [5.41, 5.74) is 6.34. The monoisotopic (exact) mass is 426 g/mol. The van der Waals surface area contributed by atoms with Gasteiger partial charge < -0.3 is 14.2 Å². The van der Waals surface area contributed by atoms with E-state index < -0.39 is 0 Å². The Morgan fingerprint density at radius 1 is 0.774 bits per heavy atom. The molecule has 0 aromatic heterocycles. The highest BCUT2D eigenvalue weighted by Crippen LogP contribution is 2.15. The number of methoxy groups -OCH3 is 2. The van der Waals surface area contributed by atoms with Gasteiger partial charge in [0.05, 0.1) is 52.7 Å². The maximum absolute atomic E-state index is 11.8. The van der Waals surface area contributed by atoms with E-state index in [1.165, 1.54) is 12.4 Å². The van der Waals surface area contributed by atoms with Gasteiger partial charge in [-0.2, -0.15) is 10.2 Å². The van der Waals surface area contributed by atoms with Crippen LogP contribution >= 0.6 is 0 Å². The Kier molecular flexibility index (Phi) is 10.3. The van der Waals surface area contributed by atoms with E-state index in [-0.39, 0.29) is 37.9 Å². The summed E-state index contributed by atoms with van der Waals surface area (Å²) in [7, 11) is 3.13. The number of carbonyl (C=O) groups excluding carboxylic acids is 2. The van der Waals surface area contributed by atoms with Crippen molar-refractivity contribution in [2.24, 2.45) is 10.2 Å². The summed E-state index contributed by atoms with van der Waals surface area (Å²) in [6.07, 6.45) is 3.26. The van der Waals surface area contributed by atoms with Gasteiger partial charge in [-0.25, -0.2) is 10.9 Å². The van der Waals surface area contributed by atoms with E-state index in [9.17, 15) is 9.59 Å². The zero-order valence-corrected chi connectivity index (χ0v) is 17.5. The number of hydrogen-bond acceptors (Lipinski definition) is 7. The molecule has 2 aromatic carbocycles. The summed E-state index contributed by atoms with van der Waals surface area (Å²) in [4.78, 5) is 23.5. The molecule has 2 rings (SSSR count). The van der Waals surface area contributed by atoms with Crippen LogP contribution in [0.3, 0.4) is 0 Å². The molecular formula is C22H26N4O5. The molecule has 0 bridgehead atoms. The molecule has 0 aliphatic heterocycles. The van der Waals surface area contributed by atoms with Gasteiger partial charge in [0.25, 0.3) is 0 Å². The molecule has 0 saturated carbocycles. The third-order valence-corrected chi connectivity index (χ3v) is 4.01. The number of nitrogens with zero attached hydrogens (tertiary/aromatic N) is 2. The van der Waals surface area contributed by atoms with Gasteiger partial charge in [0.15, 0.2) is 0 Å². The Bertz CT molecular complexity index is 841. The van der Waals surface area contributed by atoms with Crippen molar-refractivity contribution in [1.29, 1.82) is 0 Å². The molecule has 9 heteroatoms. The van der Waals surface area contributed by atoms with Crippen LogP contribution in [0.5, 0.6) is 11.5 Å². The molecule has 0 aliphatic rings. The highest BCUT2D eigenvalue weighted by atomic mass is 16.5. The number of hydrogen-bond donors (Lipinski definition) is 2. The molecule has 31 heavy (non-hydrogen) atoms. The van der Waals surface area contributed by atoms with Crippen LogP contribution in [0.1, 0.15) is 24.0 Å². The smallest absolute Gasteiger partial charge is 0.242 e. The fraction of sp³-hybridized carbons (Fsp3) is 0.273. The van der Waals surface area contributed by atoms with Crippen LogP contribution < -0.4 is 20.3 Å². The minimum atomic E-state index is -0.294. The van der Waals surface area contributed by atoms with E-state index in [2.05, 4.69) is 21.1 Å². The van der Waals surface area contributed by atoms with Crippen molar-refractivity contribution in [2.45, 2.75) is 12.8 Å². The van der Waals surface area contributed by atoms with Crippen molar-refractivity contribution in [3.8, 4) is 11.5 Å². The van der Waals surface area contributed by atoms with E-state index in [1.807, 2.05) is 36.4 Å². The van der Waals surface area contributed by atoms with Gasteiger partial charge in [-0.1, -0.05) is 24.3 Å². The average molecular weight is 426 g/mol. The highest BCUT2D eigenvalue weighted by molar-refractivity contribution is 5.86. The second kappa shape index (κ2) is 13.5. The first-order valence-corrected chi connectivity index (χ1v) is 9.61. The van der Waals surface area contributed by atoms with Crippen molar-refractivity contribution in [3.63, 3.8) is 0 Å². The quantitative estimate of drug-likeness (QED) is 0.307. The van der Waals surface area contributed by atoms with Crippen LogP contribution in [-0.4, -0.2) is 51.7 Å². The molecular weight excluding hydrogens is 400 g/mol. The number of hydrazone groups is 2. The number of para-hydroxylation sites is 2. The Hall–Kier alpha value is -3.72. The van der Waals surface area contributed by atoms with Gasteiger partial charge in [-0.15, -0.1) is 0 Å². The topological polar surface area (TPSA) is 111 Å². The summed E-state index contributed by atoms with van der Waals surface area (Å²) in [6.45, 7) is 0.349. The number of benzene rings is 2. The van der Waals surface area contributed by atoms with Gasteiger partial charge in [-0.05, 0) is 24.3 Å². The minimum absolute atomic E-state index is 0.122. The first-order chi connectivity index (χ1) is 15.1. The fourth-order valence-corrected chi connectivity index (χ4v) is 2.44. The van der Waals surface area contributed by atoms with Crippen LogP contribution in [0.15, 0.2) is 58.7 Å². The lowest BCUT2D eigenvalue weighted by Crippen LogP contribution is -2.21. The van der Waals surface area contributed by atoms with E-state index >= 15 is 0 Å². The van der Waals surface area contributed by atoms with E-state index in [1.54, 1.807) is 26.4 Å². The Morgan fingerprint density at radius 3 is 1.61 bits per heavy atom. The molecule has 0 radical (unpaired) electrons. The third-order valence-electron chi connectivity index (χ3n) is 4.01. The first kappa shape index (κ1) is 23.6. The molecule has 0 heterocycles. The van der Waals surface area contributed by atoms with Crippen LogP contribution in [0.4, 0.5) is 0 Å². The number of rotatable bonds is 12. The van der Waals surface area contributed by atoms with Crippen LogP contribution in [0.2, 0.25) is 0 Å². The second-order valence-electron chi connectivity index (χ2n) is 6.18. The Morgan fingerprint density at radius 2 is 1.19 bits per heavy atom. The predicted molar refractivity (Wildman–Crippen MR) is 118 cm³/mol. The van der Waals surface area contributed by atoms with E-state index in [0.717, 1.165) is 11.1 Å². The average Bonchev–Trinajstić information content (AvgIpc) is 2.79. The van der Waals surface area contributed by atoms with Crippen LogP contribution in [-0.2, 0) is 14.3 Å². The molecule has 2 N–H and O–H groups in total.